The van der Waals surface area contributed by atoms with E-state index in [0.717, 1.165) is 5.56 Å². The van der Waals surface area contributed by atoms with Crippen molar-refractivity contribution in [3.05, 3.63) is 34.9 Å². The Morgan fingerprint density at radius 3 is 2.69 bits per heavy atom. The van der Waals surface area contributed by atoms with Crippen LogP contribution < -0.4 is 5.32 Å². The summed E-state index contributed by atoms with van der Waals surface area (Å²) in [7, 11) is 0. The Balaban J connectivity index is 2.48. The Bertz CT molecular complexity index is 340. The topological polar surface area (TPSA) is 58.6 Å². The van der Waals surface area contributed by atoms with Crippen LogP contribution in [0.25, 0.3) is 0 Å². The molecule has 2 N–H and O–H groups in total. The first-order valence-electron chi connectivity index (χ1n) is 4.93. The molecule has 0 saturated carbocycles. The summed E-state index contributed by atoms with van der Waals surface area (Å²) >= 11 is 5.75. The summed E-state index contributed by atoms with van der Waals surface area (Å²) in [6, 6.07) is 7.02. The molecule has 1 aromatic carbocycles. The standard InChI is InChI=1S/C11H14ClNO3/c1-8(13-11(15)16-7-6-14)9-2-4-10(12)5-3-9/h2-5,8,14H,6-7H2,1H3,(H,13,15)/t8-/m1/s1. The lowest BCUT2D eigenvalue weighted by molar-refractivity contribution is 0.116. The van der Waals surface area contributed by atoms with Crippen molar-refractivity contribution in [1.29, 1.82) is 0 Å². The average molecular weight is 244 g/mol. The molecule has 5 heteroatoms. The van der Waals surface area contributed by atoms with Gasteiger partial charge >= 0.3 is 6.09 Å². The normalized spacial score (nSPS) is 11.9. The smallest absolute Gasteiger partial charge is 0.407 e. The van der Waals surface area contributed by atoms with E-state index >= 15 is 0 Å². The molecule has 16 heavy (non-hydrogen) atoms. The number of benzene rings is 1. The van der Waals surface area contributed by atoms with Crippen molar-refractivity contribution in [3.8, 4) is 0 Å². The van der Waals surface area contributed by atoms with Crippen molar-refractivity contribution in [2.24, 2.45) is 0 Å². The Morgan fingerprint density at radius 2 is 2.12 bits per heavy atom. The molecule has 0 fully saturated rings. The number of amides is 1. The van der Waals surface area contributed by atoms with E-state index in [2.05, 4.69) is 10.1 Å². The number of aliphatic hydroxyl groups excluding tert-OH is 1. The molecule has 0 aliphatic heterocycles. The first kappa shape index (κ1) is 12.8. The lowest BCUT2D eigenvalue weighted by atomic mass is 10.1. The van der Waals surface area contributed by atoms with Crippen LogP contribution in [0.5, 0.6) is 0 Å². The average Bonchev–Trinajstić information content (AvgIpc) is 2.27. The van der Waals surface area contributed by atoms with Crippen molar-refractivity contribution < 1.29 is 14.6 Å². The number of hydrogen-bond acceptors (Lipinski definition) is 3. The predicted octanol–water partition coefficient (Wildman–Crippen LogP) is 2.12. The second-order valence-electron chi connectivity index (χ2n) is 3.28. The second kappa shape index (κ2) is 6.35. The Morgan fingerprint density at radius 1 is 1.50 bits per heavy atom. The number of ether oxygens (including phenoxy) is 1. The van der Waals surface area contributed by atoms with Gasteiger partial charge in [0.25, 0.3) is 0 Å². The third kappa shape index (κ3) is 4.08. The highest BCUT2D eigenvalue weighted by atomic mass is 35.5. The number of carbonyl (C=O) groups excluding carboxylic acids is 1. The Kier molecular flexibility index (Phi) is 5.08. The molecule has 0 aromatic heterocycles. The molecule has 1 aromatic rings. The molecule has 0 unspecified atom stereocenters. The van der Waals surface area contributed by atoms with Gasteiger partial charge in [-0.2, -0.15) is 0 Å². The van der Waals surface area contributed by atoms with E-state index in [1.165, 1.54) is 0 Å². The molecule has 0 aliphatic rings. The van der Waals surface area contributed by atoms with Gasteiger partial charge in [0, 0.05) is 5.02 Å². The first-order chi connectivity index (χ1) is 7.63. The van der Waals surface area contributed by atoms with Crippen LogP contribution in [0, 0.1) is 0 Å². The van der Waals surface area contributed by atoms with Crippen molar-refractivity contribution in [1.82, 2.24) is 5.32 Å². The van der Waals surface area contributed by atoms with Crippen LogP contribution in [0.1, 0.15) is 18.5 Å². The van der Waals surface area contributed by atoms with E-state index in [4.69, 9.17) is 16.7 Å². The summed E-state index contributed by atoms with van der Waals surface area (Å²) in [5.41, 5.74) is 0.936. The van der Waals surface area contributed by atoms with Gasteiger partial charge in [0.05, 0.1) is 12.6 Å². The first-order valence-corrected chi connectivity index (χ1v) is 5.31. The van der Waals surface area contributed by atoms with Gasteiger partial charge in [-0.1, -0.05) is 23.7 Å². The molecule has 0 spiro atoms. The van der Waals surface area contributed by atoms with E-state index in [9.17, 15) is 4.79 Å². The summed E-state index contributed by atoms with van der Waals surface area (Å²) in [6.07, 6.45) is -0.545. The zero-order valence-electron chi connectivity index (χ0n) is 8.94. The van der Waals surface area contributed by atoms with Crippen LogP contribution in [0.2, 0.25) is 5.02 Å². The number of carbonyl (C=O) groups is 1. The lowest BCUT2D eigenvalue weighted by Gasteiger charge is -2.14. The highest BCUT2D eigenvalue weighted by Crippen LogP contribution is 2.15. The van der Waals surface area contributed by atoms with Crippen molar-refractivity contribution in [2.45, 2.75) is 13.0 Å². The summed E-state index contributed by atoms with van der Waals surface area (Å²) in [5, 5.41) is 11.8. The zero-order chi connectivity index (χ0) is 12.0. The van der Waals surface area contributed by atoms with E-state index in [-0.39, 0.29) is 19.3 Å². The van der Waals surface area contributed by atoms with Gasteiger partial charge in [-0.15, -0.1) is 0 Å². The third-order valence-corrected chi connectivity index (χ3v) is 2.28. The van der Waals surface area contributed by atoms with Gasteiger partial charge < -0.3 is 15.2 Å². The number of rotatable bonds is 4. The molecular weight excluding hydrogens is 230 g/mol. The quantitative estimate of drug-likeness (QED) is 0.852. The van der Waals surface area contributed by atoms with Crippen LogP contribution >= 0.6 is 11.6 Å². The van der Waals surface area contributed by atoms with E-state index in [1.807, 2.05) is 19.1 Å². The van der Waals surface area contributed by atoms with Gasteiger partial charge in [0.1, 0.15) is 6.61 Å². The fourth-order valence-corrected chi connectivity index (χ4v) is 1.32. The maximum atomic E-state index is 11.2. The molecule has 0 bridgehead atoms. The van der Waals surface area contributed by atoms with Gasteiger partial charge in [0.2, 0.25) is 0 Å². The maximum absolute atomic E-state index is 11.2. The molecule has 0 saturated heterocycles. The van der Waals surface area contributed by atoms with Crippen LogP contribution in [0.3, 0.4) is 0 Å². The second-order valence-corrected chi connectivity index (χ2v) is 3.71. The molecule has 0 radical (unpaired) electrons. The van der Waals surface area contributed by atoms with Crippen molar-refractivity contribution in [2.75, 3.05) is 13.2 Å². The van der Waals surface area contributed by atoms with Crippen LogP contribution in [0.4, 0.5) is 4.79 Å². The zero-order valence-corrected chi connectivity index (χ0v) is 9.70. The fourth-order valence-electron chi connectivity index (χ4n) is 1.19. The summed E-state index contributed by atoms with van der Waals surface area (Å²) in [5.74, 6) is 0. The van der Waals surface area contributed by atoms with E-state index in [1.54, 1.807) is 12.1 Å². The number of aliphatic hydroxyl groups is 1. The molecular formula is C11H14ClNO3. The minimum Gasteiger partial charge on any atom is -0.447 e. The predicted molar refractivity (Wildman–Crippen MR) is 61.4 cm³/mol. The molecule has 4 nitrogen and oxygen atoms in total. The molecule has 0 aliphatic carbocycles. The molecule has 88 valence electrons. The van der Waals surface area contributed by atoms with Gasteiger partial charge in [-0.25, -0.2) is 4.79 Å². The number of hydrogen-bond donors (Lipinski definition) is 2. The van der Waals surface area contributed by atoms with Crippen molar-refractivity contribution >= 4 is 17.7 Å². The SMILES string of the molecule is C[C@@H](NC(=O)OCCO)c1ccc(Cl)cc1. The highest BCUT2D eigenvalue weighted by molar-refractivity contribution is 6.30. The summed E-state index contributed by atoms with van der Waals surface area (Å²) in [6.45, 7) is 1.66. The van der Waals surface area contributed by atoms with Gasteiger partial charge in [-0.05, 0) is 24.6 Å². The molecule has 1 atom stereocenters. The summed E-state index contributed by atoms with van der Waals surface area (Å²) < 4.78 is 4.68. The third-order valence-electron chi connectivity index (χ3n) is 2.03. The monoisotopic (exact) mass is 243 g/mol. The lowest BCUT2D eigenvalue weighted by Crippen LogP contribution is -2.28. The Hall–Kier alpha value is -1.26. The van der Waals surface area contributed by atoms with Crippen LogP contribution in [0.15, 0.2) is 24.3 Å². The molecule has 1 amide bonds. The Labute approximate surface area is 99.2 Å². The van der Waals surface area contributed by atoms with Gasteiger partial charge in [0.15, 0.2) is 0 Å². The van der Waals surface area contributed by atoms with E-state index in [0.29, 0.717) is 5.02 Å². The number of alkyl carbamates (subject to hydrolysis) is 1. The summed E-state index contributed by atoms with van der Waals surface area (Å²) in [4.78, 5) is 11.2. The number of halogens is 1. The molecule has 1 rings (SSSR count). The number of nitrogens with one attached hydrogen (secondary N) is 1. The molecule has 0 heterocycles. The van der Waals surface area contributed by atoms with Crippen LogP contribution in [-0.2, 0) is 4.74 Å². The van der Waals surface area contributed by atoms with Crippen LogP contribution in [-0.4, -0.2) is 24.4 Å². The van der Waals surface area contributed by atoms with E-state index < -0.39 is 6.09 Å². The minimum absolute atomic E-state index is 0.000822. The largest absolute Gasteiger partial charge is 0.447 e. The maximum Gasteiger partial charge on any atom is 0.407 e. The fraction of sp³-hybridized carbons (Fsp3) is 0.364. The highest BCUT2D eigenvalue weighted by Gasteiger charge is 2.09. The minimum atomic E-state index is -0.545. The van der Waals surface area contributed by atoms with Gasteiger partial charge in [-0.3, -0.25) is 0 Å². The van der Waals surface area contributed by atoms with Crippen molar-refractivity contribution in [3.63, 3.8) is 0 Å².